The predicted molar refractivity (Wildman–Crippen MR) is 277 cm³/mol. The van der Waals surface area contributed by atoms with Crippen LogP contribution in [0, 0.1) is 11.8 Å². The highest BCUT2D eigenvalue weighted by Gasteiger charge is 2.36. The molecule has 79 heavy (non-hydrogen) atoms. The predicted octanol–water partition coefficient (Wildman–Crippen LogP) is -5.61. The number of nitrogens with two attached hydrogens (primary N) is 2. The first-order chi connectivity index (χ1) is 37.2. The number of carboxylic acid groups (broad SMARTS) is 2. The van der Waals surface area contributed by atoms with Crippen LogP contribution in [0.1, 0.15) is 70.9 Å². The van der Waals surface area contributed by atoms with Gasteiger partial charge in [-0.2, -0.15) is 0 Å². The molecule has 0 unspecified atom stereocenters. The molecule has 29 heteroatoms. The molecular weight excluding hydrogens is 1040 g/mol. The van der Waals surface area contributed by atoms with Crippen molar-refractivity contribution in [2.75, 3.05) is 26.4 Å². The monoisotopic (exact) mass is 1120 g/mol. The first-order valence-electron chi connectivity index (χ1n) is 25.1. The van der Waals surface area contributed by atoms with Crippen LogP contribution in [0.3, 0.4) is 0 Å². The van der Waals surface area contributed by atoms with Gasteiger partial charge in [0.05, 0.1) is 32.8 Å². The first-order valence-corrected chi connectivity index (χ1v) is 25.1. The molecule has 2 aromatic carbocycles. The zero-order valence-corrected chi connectivity index (χ0v) is 44.1. The van der Waals surface area contributed by atoms with Crippen LogP contribution in [0.25, 0.3) is 0 Å². The summed E-state index contributed by atoms with van der Waals surface area (Å²) < 4.78 is 0. The van der Waals surface area contributed by atoms with Gasteiger partial charge in [-0.15, -0.1) is 0 Å². The molecule has 436 valence electrons. The number of phenolic OH excluding ortho intramolecular Hbond substituents is 1. The molecule has 0 spiro atoms. The topological polar surface area (TPSA) is 487 Å². The van der Waals surface area contributed by atoms with Crippen molar-refractivity contribution in [2.24, 2.45) is 23.3 Å². The molecule has 10 atom stereocenters. The number of hydrogen-bond acceptors (Lipinski definition) is 17. The second-order valence-corrected chi connectivity index (χ2v) is 18.9. The van der Waals surface area contributed by atoms with Crippen molar-refractivity contribution in [2.45, 2.75) is 127 Å². The van der Waals surface area contributed by atoms with Gasteiger partial charge in [0.25, 0.3) is 0 Å². The van der Waals surface area contributed by atoms with E-state index >= 15 is 0 Å². The summed E-state index contributed by atoms with van der Waals surface area (Å²) in [5.74, 6) is -14.6. The summed E-state index contributed by atoms with van der Waals surface area (Å²) in [7, 11) is 0. The standard InChI is InChI=1S/C50H73N11O18/c1-5-26(4)41(49(77)53-21-39(67)54-36(23-63)47(75)59-35(50(78)79)17-25(2)3)61-43(71)31(15-16-40(68)69)55-44(72)33(19-28-11-13-29(65)14-12-28)57-48(76)37(24-64)60-46(74)34(20-38(52)66)58-45(73)32(56-42(70)30(51)22-62)18-27-9-7-6-8-10-27/h6-14,25-26,30-37,41,62-65H,5,15-24,51H2,1-4H3,(H2,52,66)(H,53,77)(H,54,67)(H,55,72)(H,56,70)(H,57,76)(H,58,73)(H,59,75)(H,60,74)(H,61,71)(H,68,69)(H,78,79)/t26-,30-,31-,32-,33-,34-,35-,36-,37-,41-/m0/s1. The highest BCUT2D eigenvalue weighted by Crippen LogP contribution is 2.14. The fourth-order valence-electron chi connectivity index (χ4n) is 7.37. The summed E-state index contributed by atoms with van der Waals surface area (Å²) in [5, 5.41) is 79.2. The van der Waals surface area contributed by atoms with Crippen LogP contribution in [0.2, 0.25) is 0 Å². The number of carboxylic acids is 2. The average Bonchev–Trinajstić information content (AvgIpc) is 3.40. The highest BCUT2D eigenvalue weighted by atomic mass is 16.4. The third-order valence-corrected chi connectivity index (χ3v) is 12.0. The minimum Gasteiger partial charge on any atom is -0.508 e. The number of aliphatic hydroxyl groups is 3. The Kier molecular flexibility index (Phi) is 28.6. The quantitative estimate of drug-likeness (QED) is 0.0306. The number of aromatic hydroxyl groups is 1. The SMILES string of the molecule is CC[C@H](C)[C@H](NC(=O)[C@H](CCC(=O)O)NC(=O)[C@H](Cc1ccc(O)cc1)NC(=O)[C@H](CO)NC(=O)[C@H](CC(N)=O)NC(=O)[C@H](Cc1ccccc1)NC(=O)[C@@H](N)CO)C(=O)NCC(=O)N[C@@H](CO)C(=O)N[C@@H](CC(C)C)C(=O)O. The second kappa shape index (κ2) is 33.8. The Balaban J connectivity index is 2.39. The number of carbonyl (C=O) groups is 12. The van der Waals surface area contributed by atoms with Crippen molar-refractivity contribution in [3.8, 4) is 5.75 Å². The Morgan fingerprint density at radius 3 is 1.48 bits per heavy atom. The summed E-state index contributed by atoms with van der Waals surface area (Å²) in [6.07, 6.45) is -2.51. The minimum absolute atomic E-state index is 0.0389. The van der Waals surface area contributed by atoms with E-state index in [0.717, 1.165) is 0 Å². The van der Waals surface area contributed by atoms with Gasteiger partial charge >= 0.3 is 11.9 Å². The maximum atomic E-state index is 14.2. The first kappa shape index (κ1) is 66.8. The molecular formula is C50H73N11O18. The Morgan fingerprint density at radius 2 is 0.987 bits per heavy atom. The van der Waals surface area contributed by atoms with Gasteiger partial charge in [0.1, 0.15) is 60.1 Å². The van der Waals surface area contributed by atoms with Crippen LogP contribution in [0.5, 0.6) is 5.75 Å². The molecule has 0 aliphatic heterocycles. The summed E-state index contributed by atoms with van der Waals surface area (Å²) in [6, 6.07) is -1.14. The van der Waals surface area contributed by atoms with Crippen molar-refractivity contribution in [1.29, 1.82) is 0 Å². The number of phenols is 1. The Labute approximate surface area is 454 Å². The van der Waals surface area contributed by atoms with Crippen molar-refractivity contribution in [3.63, 3.8) is 0 Å². The van der Waals surface area contributed by atoms with Gasteiger partial charge in [0.15, 0.2) is 0 Å². The van der Waals surface area contributed by atoms with E-state index in [9.17, 15) is 88.2 Å². The molecule has 0 saturated carbocycles. The molecule has 0 heterocycles. The Bertz CT molecular complexity index is 2430. The van der Waals surface area contributed by atoms with E-state index < -0.39 is 183 Å². The Morgan fingerprint density at radius 1 is 0.532 bits per heavy atom. The summed E-state index contributed by atoms with van der Waals surface area (Å²) >= 11 is 0. The van der Waals surface area contributed by atoms with Crippen LogP contribution >= 0.6 is 0 Å². The number of carbonyl (C=O) groups excluding carboxylic acids is 10. The molecule has 2 rings (SSSR count). The van der Waals surface area contributed by atoms with Gasteiger partial charge in [-0.05, 0) is 47.9 Å². The smallest absolute Gasteiger partial charge is 0.326 e. The highest BCUT2D eigenvalue weighted by molar-refractivity contribution is 5.99. The van der Waals surface area contributed by atoms with E-state index in [0.29, 0.717) is 5.56 Å². The van der Waals surface area contributed by atoms with Crippen LogP contribution < -0.4 is 59.3 Å². The van der Waals surface area contributed by atoms with Crippen LogP contribution in [0.15, 0.2) is 54.6 Å². The maximum Gasteiger partial charge on any atom is 0.326 e. The number of amides is 10. The second-order valence-electron chi connectivity index (χ2n) is 18.9. The average molecular weight is 1120 g/mol. The molecule has 0 fully saturated rings. The third-order valence-electron chi connectivity index (χ3n) is 12.0. The van der Waals surface area contributed by atoms with Crippen molar-refractivity contribution < 1.29 is 88.2 Å². The summed E-state index contributed by atoms with van der Waals surface area (Å²) in [4.78, 5) is 157. The van der Waals surface area contributed by atoms with Crippen LogP contribution in [0.4, 0.5) is 0 Å². The van der Waals surface area contributed by atoms with E-state index in [-0.39, 0.29) is 36.5 Å². The van der Waals surface area contributed by atoms with Crippen LogP contribution in [-0.4, -0.2) is 182 Å². The number of aliphatic hydroxyl groups excluding tert-OH is 3. The lowest BCUT2D eigenvalue weighted by atomic mass is 9.97. The third kappa shape index (κ3) is 23.9. The summed E-state index contributed by atoms with van der Waals surface area (Å²) in [5.41, 5.74) is 11.8. The van der Waals surface area contributed by atoms with Gasteiger partial charge in [-0.1, -0.05) is 76.6 Å². The van der Waals surface area contributed by atoms with E-state index in [1.165, 1.54) is 24.3 Å². The van der Waals surface area contributed by atoms with Crippen LogP contribution in [-0.2, 0) is 70.4 Å². The molecule has 0 bridgehead atoms. The lowest BCUT2D eigenvalue weighted by molar-refractivity contribution is -0.143. The normalized spacial score (nSPS) is 14.8. The van der Waals surface area contributed by atoms with Crippen molar-refractivity contribution in [3.05, 3.63) is 65.7 Å². The maximum absolute atomic E-state index is 14.2. The zero-order chi connectivity index (χ0) is 59.5. The largest absolute Gasteiger partial charge is 0.508 e. The van der Waals surface area contributed by atoms with Gasteiger partial charge in [-0.25, -0.2) is 4.79 Å². The molecule has 0 aliphatic carbocycles. The van der Waals surface area contributed by atoms with Gasteiger partial charge < -0.3 is 90.0 Å². The number of hydrogen-bond donors (Lipinski definition) is 17. The van der Waals surface area contributed by atoms with E-state index in [4.69, 9.17) is 11.5 Å². The molecule has 10 amide bonds. The number of primary amides is 1. The molecule has 0 aliphatic rings. The fourth-order valence-corrected chi connectivity index (χ4v) is 7.37. The molecule has 2 aromatic rings. The Hall–Kier alpha value is -8.28. The fraction of sp³-hybridized carbons (Fsp3) is 0.520. The molecule has 19 N–H and O–H groups in total. The van der Waals surface area contributed by atoms with E-state index in [1.54, 1.807) is 58.0 Å². The van der Waals surface area contributed by atoms with Crippen molar-refractivity contribution in [1.82, 2.24) is 47.9 Å². The lowest BCUT2D eigenvalue weighted by Crippen LogP contribution is -2.61. The van der Waals surface area contributed by atoms with Gasteiger partial charge in [0.2, 0.25) is 59.1 Å². The zero-order valence-electron chi connectivity index (χ0n) is 44.1. The number of aliphatic carboxylic acids is 2. The van der Waals surface area contributed by atoms with E-state index in [1.807, 2.05) is 0 Å². The lowest BCUT2D eigenvalue weighted by Gasteiger charge is -2.28. The molecule has 0 saturated heterocycles. The number of benzene rings is 2. The molecule has 0 aromatic heterocycles. The van der Waals surface area contributed by atoms with Gasteiger partial charge in [0, 0.05) is 19.3 Å². The van der Waals surface area contributed by atoms with Crippen molar-refractivity contribution >= 4 is 71.0 Å². The van der Waals surface area contributed by atoms with E-state index in [2.05, 4.69) is 47.9 Å². The number of rotatable bonds is 35. The number of nitrogens with one attached hydrogen (secondary N) is 9. The minimum atomic E-state index is -1.94. The molecule has 0 radical (unpaired) electrons. The summed E-state index contributed by atoms with van der Waals surface area (Å²) in [6.45, 7) is 2.91. The van der Waals surface area contributed by atoms with Gasteiger partial charge in [-0.3, -0.25) is 52.7 Å². The molecule has 29 nitrogen and oxygen atoms in total.